The molecule has 0 fully saturated rings. The van der Waals surface area contributed by atoms with E-state index in [1.807, 2.05) is 6.92 Å². The lowest BCUT2D eigenvalue weighted by atomic mass is 10.2. The van der Waals surface area contributed by atoms with Crippen molar-refractivity contribution >= 4 is 29.2 Å². The zero-order valence-corrected chi connectivity index (χ0v) is 16.2. The molecule has 0 saturated carbocycles. The Bertz CT molecular complexity index is 791. The fourth-order valence-electron chi connectivity index (χ4n) is 2.20. The van der Waals surface area contributed by atoms with Gasteiger partial charge in [-0.15, -0.1) is 0 Å². The minimum atomic E-state index is -0.724. The van der Waals surface area contributed by atoms with Gasteiger partial charge in [-0.25, -0.2) is 4.79 Å². The van der Waals surface area contributed by atoms with Crippen molar-refractivity contribution in [1.82, 2.24) is 0 Å². The normalized spacial score (nSPS) is 11.4. The molecule has 2 aromatic carbocycles. The van der Waals surface area contributed by atoms with Gasteiger partial charge in [0.15, 0.2) is 6.10 Å². The van der Waals surface area contributed by atoms with Gasteiger partial charge in [-0.2, -0.15) is 0 Å². The molecule has 0 radical (unpaired) electrons. The number of ether oxygens (including phenoxy) is 3. The molecule has 27 heavy (non-hydrogen) atoms. The van der Waals surface area contributed by atoms with Gasteiger partial charge in [-0.3, -0.25) is 4.79 Å². The second-order valence-corrected chi connectivity index (χ2v) is 6.16. The standard InChI is InChI=1S/C20H22ClNO5/c1-4-11-26-20(24)13(2)27-16-8-5-14(6-9-16)19(23)22-15-7-10-18(25-3)17(21)12-15/h5-10,12-13H,4,11H2,1-3H3,(H,22,23). The van der Waals surface area contributed by atoms with Gasteiger partial charge in [-0.05, 0) is 55.8 Å². The smallest absolute Gasteiger partial charge is 0.347 e. The maximum absolute atomic E-state index is 12.3. The number of hydrogen-bond acceptors (Lipinski definition) is 5. The fraction of sp³-hybridized carbons (Fsp3) is 0.300. The number of nitrogens with one attached hydrogen (secondary N) is 1. The molecule has 7 heteroatoms. The summed E-state index contributed by atoms with van der Waals surface area (Å²) in [6.45, 7) is 3.90. The molecule has 0 aliphatic carbocycles. The number of halogens is 1. The molecule has 1 amide bonds. The summed E-state index contributed by atoms with van der Waals surface area (Å²) in [4.78, 5) is 24.1. The van der Waals surface area contributed by atoms with E-state index in [2.05, 4.69) is 5.32 Å². The Kier molecular flexibility index (Phi) is 7.49. The van der Waals surface area contributed by atoms with Crippen molar-refractivity contribution in [2.45, 2.75) is 26.4 Å². The van der Waals surface area contributed by atoms with E-state index < -0.39 is 12.1 Å². The molecular weight excluding hydrogens is 370 g/mol. The zero-order valence-electron chi connectivity index (χ0n) is 15.5. The Morgan fingerprint density at radius 1 is 1.15 bits per heavy atom. The van der Waals surface area contributed by atoms with Gasteiger partial charge in [0.2, 0.25) is 0 Å². The summed E-state index contributed by atoms with van der Waals surface area (Å²) in [5, 5.41) is 3.16. The number of amides is 1. The van der Waals surface area contributed by atoms with Crippen LogP contribution in [0.25, 0.3) is 0 Å². The van der Waals surface area contributed by atoms with Crippen LogP contribution in [0.4, 0.5) is 5.69 Å². The van der Waals surface area contributed by atoms with Gasteiger partial charge >= 0.3 is 5.97 Å². The van der Waals surface area contributed by atoms with Crippen LogP contribution in [-0.4, -0.2) is 31.7 Å². The maximum Gasteiger partial charge on any atom is 0.347 e. The number of rotatable bonds is 8. The molecule has 6 nitrogen and oxygen atoms in total. The molecule has 1 N–H and O–H groups in total. The number of benzene rings is 2. The summed E-state index contributed by atoms with van der Waals surface area (Å²) in [6.07, 6.45) is 0.0273. The summed E-state index contributed by atoms with van der Waals surface area (Å²) in [5.41, 5.74) is 0.994. The minimum absolute atomic E-state index is 0.293. The lowest BCUT2D eigenvalue weighted by Gasteiger charge is -2.14. The average molecular weight is 392 g/mol. The highest BCUT2D eigenvalue weighted by molar-refractivity contribution is 6.32. The molecule has 0 spiro atoms. The molecule has 0 bridgehead atoms. The van der Waals surface area contributed by atoms with Crippen molar-refractivity contribution in [3.63, 3.8) is 0 Å². The zero-order chi connectivity index (χ0) is 19.8. The summed E-state index contributed by atoms with van der Waals surface area (Å²) >= 11 is 6.05. The van der Waals surface area contributed by atoms with Gasteiger partial charge < -0.3 is 19.5 Å². The van der Waals surface area contributed by atoms with Crippen LogP contribution < -0.4 is 14.8 Å². The number of methoxy groups -OCH3 is 1. The summed E-state index contributed by atoms with van der Waals surface area (Å²) in [7, 11) is 1.52. The molecule has 2 aromatic rings. The Hall–Kier alpha value is -2.73. The summed E-state index contributed by atoms with van der Waals surface area (Å²) in [5.74, 6) is 0.288. The first-order chi connectivity index (χ1) is 12.9. The van der Waals surface area contributed by atoms with Crippen molar-refractivity contribution < 1.29 is 23.8 Å². The van der Waals surface area contributed by atoms with E-state index in [0.717, 1.165) is 6.42 Å². The largest absolute Gasteiger partial charge is 0.495 e. The SMILES string of the molecule is CCCOC(=O)C(C)Oc1ccc(C(=O)Nc2ccc(OC)c(Cl)c2)cc1. The number of anilines is 1. The first-order valence-corrected chi connectivity index (χ1v) is 8.90. The molecule has 144 valence electrons. The van der Waals surface area contributed by atoms with Crippen molar-refractivity contribution in [3.8, 4) is 11.5 Å². The van der Waals surface area contributed by atoms with Gasteiger partial charge in [0.25, 0.3) is 5.91 Å². The molecule has 0 saturated heterocycles. The van der Waals surface area contributed by atoms with Crippen LogP contribution in [0.2, 0.25) is 5.02 Å². The second-order valence-electron chi connectivity index (χ2n) is 5.76. The number of carbonyl (C=O) groups excluding carboxylic acids is 2. The molecule has 2 rings (SSSR count). The third-order valence-corrected chi connectivity index (χ3v) is 3.91. The summed E-state index contributed by atoms with van der Waals surface area (Å²) in [6, 6.07) is 11.5. The summed E-state index contributed by atoms with van der Waals surface area (Å²) < 4.78 is 15.6. The monoisotopic (exact) mass is 391 g/mol. The van der Waals surface area contributed by atoms with E-state index >= 15 is 0 Å². The van der Waals surface area contributed by atoms with Gasteiger partial charge in [0.05, 0.1) is 18.7 Å². The molecule has 1 atom stereocenters. The van der Waals surface area contributed by atoms with Crippen molar-refractivity contribution in [2.24, 2.45) is 0 Å². The number of hydrogen-bond donors (Lipinski definition) is 1. The van der Waals surface area contributed by atoms with Crippen molar-refractivity contribution in [3.05, 3.63) is 53.1 Å². The fourth-order valence-corrected chi connectivity index (χ4v) is 2.46. The van der Waals surface area contributed by atoms with Crippen LogP contribution in [0, 0.1) is 0 Å². The molecule has 0 aliphatic rings. The van der Waals surface area contributed by atoms with Crippen LogP contribution in [0.3, 0.4) is 0 Å². The third-order valence-electron chi connectivity index (χ3n) is 3.62. The third kappa shape index (κ3) is 5.89. The van der Waals surface area contributed by atoms with Crippen LogP contribution >= 0.6 is 11.6 Å². The predicted molar refractivity (Wildman–Crippen MR) is 104 cm³/mol. The Morgan fingerprint density at radius 3 is 2.44 bits per heavy atom. The lowest BCUT2D eigenvalue weighted by molar-refractivity contribution is -0.151. The Labute approximate surface area is 163 Å². The van der Waals surface area contributed by atoms with Crippen LogP contribution in [0.5, 0.6) is 11.5 Å². The van der Waals surface area contributed by atoms with E-state index in [4.69, 9.17) is 25.8 Å². The molecule has 0 aliphatic heterocycles. The van der Waals surface area contributed by atoms with Crippen LogP contribution in [-0.2, 0) is 9.53 Å². The maximum atomic E-state index is 12.3. The lowest BCUT2D eigenvalue weighted by Crippen LogP contribution is -2.26. The van der Waals surface area contributed by atoms with E-state index in [0.29, 0.717) is 34.4 Å². The number of carbonyl (C=O) groups is 2. The quantitative estimate of drug-likeness (QED) is 0.678. The topological polar surface area (TPSA) is 73.9 Å². The van der Waals surface area contributed by atoms with Gasteiger partial charge in [0.1, 0.15) is 11.5 Å². The molecule has 1 unspecified atom stereocenters. The average Bonchev–Trinajstić information content (AvgIpc) is 2.66. The second kappa shape index (κ2) is 9.83. The first kappa shape index (κ1) is 20.6. The predicted octanol–water partition coefficient (Wildman–Crippen LogP) is 4.32. The number of esters is 1. The Morgan fingerprint density at radius 2 is 1.85 bits per heavy atom. The van der Waals surface area contributed by atoms with E-state index in [-0.39, 0.29) is 5.91 Å². The van der Waals surface area contributed by atoms with E-state index in [9.17, 15) is 9.59 Å². The highest BCUT2D eigenvalue weighted by Gasteiger charge is 2.16. The molecule has 0 aromatic heterocycles. The highest BCUT2D eigenvalue weighted by Crippen LogP contribution is 2.27. The van der Waals surface area contributed by atoms with E-state index in [1.54, 1.807) is 49.4 Å². The van der Waals surface area contributed by atoms with Gasteiger partial charge in [0, 0.05) is 11.3 Å². The molecule has 0 heterocycles. The van der Waals surface area contributed by atoms with Crippen LogP contribution in [0.15, 0.2) is 42.5 Å². The first-order valence-electron chi connectivity index (χ1n) is 8.52. The van der Waals surface area contributed by atoms with Crippen LogP contribution in [0.1, 0.15) is 30.6 Å². The minimum Gasteiger partial charge on any atom is -0.495 e. The van der Waals surface area contributed by atoms with Crippen molar-refractivity contribution in [1.29, 1.82) is 0 Å². The van der Waals surface area contributed by atoms with E-state index in [1.165, 1.54) is 7.11 Å². The molecular formula is C20H22ClNO5. The van der Waals surface area contributed by atoms with Gasteiger partial charge in [-0.1, -0.05) is 18.5 Å². The Balaban J connectivity index is 1.96. The van der Waals surface area contributed by atoms with Crippen molar-refractivity contribution in [2.75, 3.05) is 19.0 Å². The highest BCUT2D eigenvalue weighted by atomic mass is 35.5.